The number of carbonyl (C=O) groups is 1. The molecule has 0 spiro atoms. The summed E-state index contributed by atoms with van der Waals surface area (Å²) in [6, 6.07) is 5.42. The van der Waals surface area contributed by atoms with Gasteiger partial charge < -0.3 is 19.4 Å². The SMILES string of the molecule is C[C@@H](Sc1nnc(C2CC2)n1C)C(=O)Nc1ccc2c(c1)OCCO2. The molecule has 2 heterocycles. The predicted molar refractivity (Wildman–Crippen MR) is 94.4 cm³/mol. The molecule has 0 radical (unpaired) electrons. The van der Waals surface area contributed by atoms with Crippen molar-refractivity contribution in [2.24, 2.45) is 7.05 Å². The molecule has 1 aliphatic heterocycles. The molecule has 1 aromatic heterocycles. The highest BCUT2D eigenvalue weighted by Gasteiger charge is 2.30. The zero-order chi connectivity index (χ0) is 17.4. The zero-order valence-electron chi connectivity index (χ0n) is 14.2. The van der Waals surface area contributed by atoms with Crippen molar-refractivity contribution >= 4 is 23.4 Å². The molecule has 1 atom stereocenters. The summed E-state index contributed by atoms with van der Waals surface area (Å²) in [5.41, 5.74) is 0.693. The fourth-order valence-electron chi connectivity index (χ4n) is 2.70. The molecule has 1 aliphatic carbocycles. The van der Waals surface area contributed by atoms with Crippen LogP contribution in [0, 0.1) is 0 Å². The second kappa shape index (κ2) is 6.59. The maximum Gasteiger partial charge on any atom is 0.237 e. The van der Waals surface area contributed by atoms with Crippen LogP contribution in [0.3, 0.4) is 0 Å². The highest BCUT2D eigenvalue weighted by Crippen LogP contribution is 2.40. The first-order valence-corrected chi connectivity index (χ1v) is 9.26. The van der Waals surface area contributed by atoms with Gasteiger partial charge in [0.15, 0.2) is 16.7 Å². The van der Waals surface area contributed by atoms with Crippen LogP contribution >= 0.6 is 11.8 Å². The Bertz CT molecular complexity index is 803. The van der Waals surface area contributed by atoms with E-state index in [0.29, 0.717) is 36.3 Å². The van der Waals surface area contributed by atoms with E-state index in [2.05, 4.69) is 15.5 Å². The van der Waals surface area contributed by atoms with Crippen LogP contribution in [0.2, 0.25) is 0 Å². The van der Waals surface area contributed by atoms with Crippen LogP contribution in [0.1, 0.15) is 31.5 Å². The lowest BCUT2D eigenvalue weighted by molar-refractivity contribution is -0.115. The monoisotopic (exact) mass is 360 g/mol. The molecule has 1 N–H and O–H groups in total. The molecule has 7 nitrogen and oxygen atoms in total. The Kier molecular flexibility index (Phi) is 4.29. The number of amides is 1. The summed E-state index contributed by atoms with van der Waals surface area (Å²) in [5.74, 6) is 2.83. The van der Waals surface area contributed by atoms with Crippen molar-refractivity contribution in [1.82, 2.24) is 14.8 Å². The Hall–Kier alpha value is -2.22. The van der Waals surface area contributed by atoms with E-state index >= 15 is 0 Å². The summed E-state index contributed by atoms with van der Waals surface area (Å²) in [6.45, 7) is 2.93. The van der Waals surface area contributed by atoms with Gasteiger partial charge >= 0.3 is 0 Å². The quantitative estimate of drug-likeness (QED) is 0.826. The Morgan fingerprint density at radius 3 is 2.80 bits per heavy atom. The van der Waals surface area contributed by atoms with Crippen LogP contribution in [0.5, 0.6) is 11.5 Å². The molecule has 25 heavy (non-hydrogen) atoms. The van der Waals surface area contributed by atoms with E-state index < -0.39 is 0 Å². The third kappa shape index (κ3) is 3.44. The number of nitrogens with one attached hydrogen (secondary N) is 1. The van der Waals surface area contributed by atoms with Crippen molar-refractivity contribution in [1.29, 1.82) is 0 Å². The van der Waals surface area contributed by atoms with Gasteiger partial charge in [0.25, 0.3) is 0 Å². The van der Waals surface area contributed by atoms with Gasteiger partial charge in [-0.05, 0) is 31.9 Å². The molecule has 2 aliphatic rings. The molecule has 2 aromatic rings. The van der Waals surface area contributed by atoms with Gasteiger partial charge in [0.1, 0.15) is 19.0 Å². The van der Waals surface area contributed by atoms with Gasteiger partial charge in [-0.15, -0.1) is 10.2 Å². The van der Waals surface area contributed by atoms with Gasteiger partial charge in [0.05, 0.1) is 5.25 Å². The molecule has 132 valence electrons. The summed E-state index contributed by atoms with van der Waals surface area (Å²) in [4.78, 5) is 12.5. The standard InChI is InChI=1S/C17H20N4O3S/c1-10(25-17-20-19-15(21(17)2)11-3-4-11)16(22)18-12-5-6-13-14(9-12)24-8-7-23-13/h5-6,9-11H,3-4,7-8H2,1-2H3,(H,18,22)/t10-/m1/s1. The fraction of sp³-hybridized carbons (Fsp3) is 0.471. The summed E-state index contributed by atoms with van der Waals surface area (Å²) in [6.07, 6.45) is 2.35. The predicted octanol–water partition coefficient (Wildman–Crippen LogP) is 2.58. The number of thioether (sulfide) groups is 1. The molecule has 4 rings (SSSR count). The van der Waals surface area contributed by atoms with E-state index in [1.54, 1.807) is 6.07 Å². The largest absolute Gasteiger partial charge is 0.486 e. The van der Waals surface area contributed by atoms with Crippen molar-refractivity contribution < 1.29 is 14.3 Å². The Morgan fingerprint density at radius 2 is 2.04 bits per heavy atom. The number of benzene rings is 1. The Balaban J connectivity index is 1.40. The van der Waals surface area contributed by atoms with E-state index in [-0.39, 0.29) is 11.2 Å². The third-order valence-electron chi connectivity index (χ3n) is 4.27. The Morgan fingerprint density at radius 1 is 1.28 bits per heavy atom. The minimum Gasteiger partial charge on any atom is -0.486 e. The molecule has 0 bridgehead atoms. The number of hydrogen-bond acceptors (Lipinski definition) is 6. The molecule has 0 saturated heterocycles. The van der Waals surface area contributed by atoms with Gasteiger partial charge in [0.2, 0.25) is 5.91 Å². The number of anilines is 1. The summed E-state index contributed by atoms with van der Waals surface area (Å²) < 4.78 is 13.0. The van der Waals surface area contributed by atoms with Crippen LogP contribution < -0.4 is 14.8 Å². The first-order valence-electron chi connectivity index (χ1n) is 8.38. The molecule has 1 aromatic carbocycles. The molecular weight excluding hydrogens is 340 g/mol. The summed E-state index contributed by atoms with van der Waals surface area (Å²) >= 11 is 1.41. The van der Waals surface area contributed by atoms with Crippen molar-refractivity contribution in [2.45, 2.75) is 36.1 Å². The second-order valence-electron chi connectivity index (χ2n) is 6.28. The van der Waals surface area contributed by atoms with E-state index in [0.717, 1.165) is 11.0 Å². The number of carbonyl (C=O) groups excluding carboxylic acids is 1. The van der Waals surface area contributed by atoms with E-state index in [9.17, 15) is 4.79 Å². The Labute approximate surface area is 150 Å². The lowest BCUT2D eigenvalue weighted by Crippen LogP contribution is -2.23. The van der Waals surface area contributed by atoms with Gasteiger partial charge in [-0.2, -0.15) is 0 Å². The molecule has 1 amide bonds. The number of rotatable bonds is 5. The van der Waals surface area contributed by atoms with Crippen LogP contribution in [-0.4, -0.2) is 39.1 Å². The van der Waals surface area contributed by atoms with Gasteiger partial charge in [-0.3, -0.25) is 4.79 Å². The zero-order valence-corrected chi connectivity index (χ0v) is 15.0. The minimum absolute atomic E-state index is 0.0855. The van der Waals surface area contributed by atoms with E-state index in [4.69, 9.17) is 9.47 Å². The highest BCUT2D eigenvalue weighted by atomic mass is 32.2. The van der Waals surface area contributed by atoms with Crippen molar-refractivity contribution in [3.8, 4) is 11.5 Å². The van der Waals surface area contributed by atoms with E-state index in [1.165, 1.54) is 24.6 Å². The first kappa shape index (κ1) is 16.3. The van der Waals surface area contributed by atoms with Crippen molar-refractivity contribution in [3.05, 3.63) is 24.0 Å². The number of aromatic nitrogens is 3. The van der Waals surface area contributed by atoms with Crippen LogP contribution in [-0.2, 0) is 11.8 Å². The fourth-order valence-corrected chi connectivity index (χ4v) is 3.52. The highest BCUT2D eigenvalue weighted by molar-refractivity contribution is 8.00. The normalized spacial score (nSPS) is 17.2. The number of hydrogen-bond donors (Lipinski definition) is 1. The number of fused-ring (bicyclic) bond motifs is 1. The van der Waals surface area contributed by atoms with Crippen molar-refractivity contribution in [3.63, 3.8) is 0 Å². The molecule has 0 unspecified atom stereocenters. The van der Waals surface area contributed by atoms with Gasteiger partial charge in [-0.25, -0.2) is 0 Å². The van der Waals surface area contributed by atoms with Crippen LogP contribution in [0.4, 0.5) is 5.69 Å². The average molecular weight is 360 g/mol. The van der Waals surface area contributed by atoms with Crippen LogP contribution in [0.15, 0.2) is 23.4 Å². The van der Waals surface area contributed by atoms with E-state index in [1.807, 2.05) is 30.7 Å². The summed E-state index contributed by atoms with van der Waals surface area (Å²) in [5, 5.41) is 11.9. The van der Waals surface area contributed by atoms with Crippen molar-refractivity contribution in [2.75, 3.05) is 18.5 Å². The van der Waals surface area contributed by atoms with Crippen LogP contribution in [0.25, 0.3) is 0 Å². The topological polar surface area (TPSA) is 78.3 Å². The smallest absolute Gasteiger partial charge is 0.237 e. The lowest BCUT2D eigenvalue weighted by Gasteiger charge is -2.19. The van der Waals surface area contributed by atoms with Gasteiger partial charge in [0, 0.05) is 24.7 Å². The molecule has 1 fully saturated rings. The summed E-state index contributed by atoms with van der Waals surface area (Å²) in [7, 11) is 1.96. The maximum absolute atomic E-state index is 12.5. The maximum atomic E-state index is 12.5. The first-order chi connectivity index (χ1) is 12.1. The minimum atomic E-state index is -0.289. The lowest BCUT2D eigenvalue weighted by atomic mass is 10.2. The molecule has 8 heteroatoms. The number of nitrogens with zero attached hydrogens (tertiary/aromatic N) is 3. The second-order valence-corrected chi connectivity index (χ2v) is 7.59. The van der Waals surface area contributed by atoms with Gasteiger partial charge in [-0.1, -0.05) is 11.8 Å². The molecule has 1 saturated carbocycles. The number of ether oxygens (including phenoxy) is 2. The third-order valence-corrected chi connectivity index (χ3v) is 5.41. The average Bonchev–Trinajstić information content (AvgIpc) is 3.40. The molecular formula is C17H20N4O3S.